The SMILES string of the molecule is CC(C)(C)CCOCc1ccc(C#CCO)cc1. The van der Waals surface area contributed by atoms with Gasteiger partial charge in [0.2, 0.25) is 0 Å². The maximum atomic E-state index is 8.60. The Hall–Kier alpha value is -1.30. The zero-order chi connectivity index (χ0) is 13.4. The van der Waals surface area contributed by atoms with E-state index in [0.717, 1.165) is 24.2 Å². The van der Waals surface area contributed by atoms with E-state index in [2.05, 4.69) is 32.6 Å². The zero-order valence-electron chi connectivity index (χ0n) is 11.5. The van der Waals surface area contributed by atoms with Crippen molar-refractivity contribution in [3.63, 3.8) is 0 Å². The van der Waals surface area contributed by atoms with Crippen molar-refractivity contribution in [2.45, 2.75) is 33.8 Å². The third-order valence-electron chi connectivity index (χ3n) is 2.53. The summed E-state index contributed by atoms with van der Waals surface area (Å²) in [6, 6.07) is 7.92. The molecule has 0 atom stereocenters. The van der Waals surface area contributed by atoms with Gasteiger partial charge in [-0.2, -0.15) is 0 Å². The van der Waals surface area contributed by atoms with E-state index in [1.54, 1.807) is 0 Å². The van der Waals surface area contributed by atoms with Crippen LogP contribution in [0.4, 0.5) is 0 Å². The van der Waals surface area contributed by atoms with Crippen molar-refractivity contribution in [3.8, 4) is 11.8 Å². The van der Waals surface area contributed by atoms with Crippen LogP contribution in [-0.2, 0) is 11.3 Å². The largest absolute Gasteiger partial charge is 0.384 e. The summed E-state index contributed by atoms with van der Waals surface area (Å²) < 4.78 is 5.64. The summed E-state index contributed by atoms with van der Waals surface area (Å²) in [6.45, 7) is 7.97. The lowest BCUT2D eigenvalue weighted by molar-refractivity contribution is 0.0962. The first-order chi connectivity index (χ1) is 8.51. The van der Waals surface area contributed by atoms with E-state index in [-0.39, 0.29) is 6.61 Å². The third kappa shape index (κ3) is 6.44. The average Bonchev–Trinajstić information content (AvgIpc) is 2.32. The fourth-order valence-electron chi connectivity index (χ4n) is 1.39. The second-order valence-corrected chi connectivity index (χ2v) is 5.52. The minimum absolute atomic E-state index is 0.0995. The molecular weight excluding hydrogens is 224 g/mol. The van der Waals surface area contributed by atoms with E-state index in [1.165, 1.54) is 0 Å². The molecule has 0 aromatic heterocycles. The third-order valence-corrected chi connectivity index (χ3v) is 2.53. The highest BCUT2D eigenvalue weighted by molar-refractivity contribution is 5.35. The smallest absolute Gasteiger partial charge is 0.104 e. The highest BCUT2D eigenvalue weighted by atomic mass is 16.5. The molecule has 1 rings (SSSR count). The molecule has 0 bridgehead atoms. The second-order valence-electron chi connectivity index (χ2n) is 5.52. The molecule has 0 aliphatic rings. The van der Waals surface area contributed by atoms with Gasteiger partial charge in [-0.3, -0.25) is 0 Å². The Balaban J connectivity index is 2.35. The van der Waals surface area contributed by atoms with Crippen LogP contribution >= 0.6 is 0 Å². The topological polar surface area (TPSA) is 29.5 Å². The Morgan fingerprint density at radius 2 is 1.83 bits per heavy atom. The minimum atomic E-state index is -0.0995. The molecule has 0 heterocycles. The van der Waals surface area contributed by atoms with Crippen molar-refractivity contribution in [1.82, 2.24) is 0 Å². The Labute approximate surface area is 110 Å². The van der Waals surface area contributed by atoms with Crippen LogP contribution in [0.25, 0.3) is 0 Å². The molecule has 0 amide bonds. The normalized spacial score (nSPS) is 10.9. The Morgan fingerprint density at radius 3 is 2.39 bits per heavy atom. The van der Waals surface area contributed by atoms with Gasteiger partial charge in [-0.25, -0.2) is 0 Å². The zero-order valence-corrected chi connectivity index (χ0v) is 11.5. The van der Waals surface area contributed by atoms with Crippen molar-refractivity contribution < 1.29 is 9.84 Å². The van der Waals surface area contributed by atoms with Gasteiger partial charge in [-0.05, 0) is 29.5 Å². The van der Waals surface area contributed by atoms with Gasteiger partial charge in [0.25, 0.3) is 0 Å². The molecule has 18 heavy (non-hydrogen) atoms. The maximum Gasteiger partial charge on any atom is 0.104 e. The molecule has 0 saturated carbocycles. The monoisotopic (exact) mass is 246 g/mol. The second kappa shape index (κ2) is 7.20. The van der Waals surface area contributed by atoms with Gasteiger partial charge in [0.1, 0.15) is 6.61 Å². The van der Waals surface area contributed by atoms with Gasteiger partial charge in [-0.1, -0.05) is 44.7 Å². The molecule has 0 spiro atoms. The number of aliphatic hydroxyl groups is 1. The van der Waals surface area contributed by atoms with E-state index in [9.17, 15) is 0 Å². The summed E-state index contributed by atoms with van der Waals surface area (Å²) in [4.78, 5) is 0. The Morgan fingerprint density at radius 1 is 1.17 bits per heavy atom. The lowest BCUT2D eigenvalue weighted by atomic mass is 9.93. The molecule has 98 valence electrons. The van der Waals surface area contributed by atoms with Gasteiger partial charge in [0.05, 0.1) is 6.61 Å². The number of hydrogen-bond donors (Lipinski definition) is 1. The summed E-state index contributed by atoms with van der Waals surface area (Å²) in [6.07, 6.45) is 1.06. The van der Waals surface area contributed by atoms with E-state index < -0.39 is 0 Å². The number of rotatable bonds is 4. The molecule has 1 aromatic rings. The summed E-state index contributed by atoms with van der Waals surface area (Å²) in [7, 11) is 0. The molecule has 0 fully saturated rings. The summed E-state index contributed by atoms with van der Waals surface area (Å²) in [5.74, 6) is 5.50. The van der Waals surface area contributed by atoms with Crippen LogP contribution in [-0.4, -0.2) is 18.3 Å². The molecule has 1 aromatic carbocycles. The van der Waals surface area contributed by atoms with E-state index in [4.69, 9.17) is 9.84 Å². The van der Waals surface area contributed by atoms with E-state index in [0.29, 0.717) is 12.0 Å². The van der Waals surface area contributed by atoms with Crippen molar-refractivity contribution >= 4 is 0 Å². The van der Waals surface area contributed by atoms with Crippen molar-refractivity contribution in [1.29, 1.82) is 0 Å². The van der Waals surface area contributed by atoms with Crippen molar-refractivity contribution in [2.24, 2.45) is 5.41 Å². The van der Waals surface area contributed by atoms with Crippen LogP contribution in [0.1, 0.15) is 38.3 Å². The van der Waals surface area contributed by atoms with Crippen LogP contribution in [0.15, 0.2) is 24.3 Å². The molecule has 2 heteroatoms. The molecule has 2 nitrogen and oxygen atoms in total. The van der Waals surface area contributed by atoms with Crippen LogP contribution in [0.5, 0.6) is 0 Å². The van der Waals surface area contributed by atoms with Gasteiger partial charge >= 0.3 is 0 Å². The minimum Gasteiger partial charge on any atom is -0.384 e. The predicted octanol–water partition coefficient (Wildman–Crippen LogP) is 2.98. The van der Waals surface area contributed by atoms with E-state index in [1.807, 2.05) is 24.3 Å². The highest BCUT2D eigenvalue weighted by Gasteiger charge is 2.09. The van der Waals surface area contributed by atoms with Crippen LogP contribution in [0.3, 0.4) is 0 Å². The fourth-order valence-corrected chi connectivity index (χ4v) is 1.39. The lowest BCUT2D eigenvalue weighted by Crippen LogP contribution is -2.09. The van der Waals surface area contributed by atoms with Gasteiger partial charge in [-0.15, -0.1) is 0 Å². The standard InChI is InChI=1S/C16H22O2/c1-16(2,3)10-12-18-13-15-8-6-14(7-9-15)5-4-11-17/h6-9,17H,10-13H2,1-3H3. The first kappa shape index (κ1) is 14.8. The van der Waals surface area contributed by atoms with Crippen LogP contribution in [0, 0.1) is 17.3 Å². The molecule has 0 radical (unpaired) electrons. The van der Waals surface area contributed by atoms with Crippen molar-refractivity contribution in [3.05, 3.63) is 35.4 Å². The van der Waals surface area contributed by atoms with Crippen LogP contribution in [0.2, 0.25) is 0 Å². The molecular formula is C16H22O2. The molecule has 0 saturated heterocycles. The number of benzene rings is 1. The van der Waals surface area contributed by atoms with Gasteiger partial charge in [0, 0.05) is 12.2 Å². The fraction of sp³-hybridized carbons (Fsp3) is 0.500. The predicted molar refractivity (Wildman–Crippen MR) is 74.1 cm³/mol. The van der Waals surface area contributed by atoms with Gasteiger partial charge in [0.15, 0.2) is 0 Å². The highest BCUT2D eigenvalue weighted by Crippen LogP contribution is 2.18. The first-order valence-electron chi connectivity index (χ1n) is 6.28. The Kier molecular flexibility index (Phi) is 5.91. The first-order valence-corrected chi connectivity index (χ1v) is 6.28. The number of ether oxygens (including phenoxy) is 1. The van der Waals surface area contributed by atoms with E-state index >= 15 is 0 Å². The molecule has 0 unspecified atom stereocenters. The quantitative estimate of drug-likeness (QED) is 0.653. The lowest BCUT2D eigenvalue weighted by Gasteiger charge is -2.17. The summed E-state index contributed by atoms with van der Waals surface area (Å²) in [5.41, 5.74) is 2.39. The summed E-state index contributed by atoms with van der Waals surface area (Å²) in [5, 5.41) is 8.60. The van der Waals surface area contributed by atoms with Gasteiger partial charge < -0.3 is 9.84 Å². The molecule has 1 N–H and O–H groups in total. The Bertz CT molecular complexity index is 401. The summed E-state index contributed by atoms with van der Waals surface area (Å²) >= 11 is 0. The molecule has 0 aliphatic heterocycles. The average molecular weight is 246 g/mol. The molecule has 0 aliphatic carbocycles. The number of aliphatic hydroxyl groups excluding tert-OH is 1. The van der Waals surface area contributed by atoms with Crippen LogP contribution < -0.4 is 0 Å². The van der Waals surface area contributed by atoms with Crippen molar-refractivity contribution in [2.75, 3.05) is 13.2 Å². The maximum absolute atomic E-state index is 8.60. The number of hydrogen-bond acceptors (Lipinski definition) is 2.